The van der Waals surface area contributed by atoms with E-state index in [2.05, 4.69) is 30.2 Å². The van der Waals surface area contributed by atoms with Crippen molar-refractivity contribution in [3.63, 3.8) is 0 Å². The molecular formula is C21H17Cl2N7O. The first kappa shape index (κ1) is 19.7. The van der Waals surface area contributed by atoms with Crippen molar-refractivity contribution in [1.29, 1.82) is 0 Å². The van der Waals surface area contributed by atoms with Crippen molar-refractivity contribution in [2.24, 2.45) is 7.05 Å². The second-order valence-corrected chi connectivity index (χ2v) is 8.54. The molecule has 5 rings (SSSR count). The predicted octanol–water partition coefficient (Wildman–Crippen LogP) is 5.04. The van der Waals surface area contributed by atoms with Crippen LogP contribution in [0.1, 0.15) is 25.3 Å². The number of nitrogens with zero attached hydrogens (tertiary/aromatic N) is 6. The van der Waals surface area contributed by atoms with Gasteiger partial charge in [-0.25, -0.2) is 9.97 Å². The zero-order valence-electron chi connectivity index (χ0n) is 16.9. The number of fused-ring (bicyclic) bond motifs is 1. The molecule has 0 fully saturated rings. The van der Waals surface area contributed by atoms with Crippen LogP contribution in [0.5, 0.6) is 0 Å². The maximum Gasteiger partial charge on any atom is 0.249 e. The van der Waals surface area contributed by atoms with Gasteiger partial charge < -0.3 is 9.40 Å². The van der Waals surface area contributed by atoms with Crippen molar-refractivity contribution in [3.05, 3.63) is 64.7 Å². The zero-order valence-corrected chi connectivity index (χ0v) is 18.4. The molecule has 0 aliphatic heterocycles. The topological polar surface area (TPSA) is 98.3 Å². The molecule has 5 aromatic heterocycles. The van der Waals surface area contributed by atoms with Crippen molar-refractivity contribution in [2.75, 3.05) is 0 Å². The summed E-state index contributed by atoms with van der Waals surface area (Å²) in [6.45, 7) is 3.89. The van der Waals surface area contributed by atoms with Crippen molar-refractivity contribution >= 4 is 34.2 Å². The minimum absolute atomic E-state index is 0.345. The number of halogens is 2. The highest BCUT2D eigenvalue weighted by atomic mass is 35.5. The average Bonchev–Trinajstić information content (AvgIpc) is 3.48. The third kappa shape index (κ3) is 3.37. The molecule has 156 valence electrons. The molecule has 1 N–H and O–H groups in total. The quantitative estimate of drug-likeness (QED) is 0.382. The van der Waals surface area contributed by atoms with Crippen molar-refractivity contribution in [2.45, 2.75) is 19.3 Å². The van der Waals surface area contributed by atoms with E-state index in [9.17, 15) is 0 Å². The van der Waals surface area contributed by atoms with Crippen molar-refractivity contribution in [1.82, 2.24) is 34.9 Å². The van der Waals surface area contributed by atoms with Gasteiger partial charge in [0.2, 0.25) is 11.8 Å². The molecule has 0 bridgehead atoms. The van der Waals surface area contributed by atoms with E-state index < -0.39 is 5.41 Å². The summed E-state index contributed by atoms with van der Waals surface area (Å²) in [5, 5.41) is 14.5. The monoisotopic (exact) mass is 453 g/mol. The van der Waals surface area contributed by atoms with Crippen LogP contribution in [0, 0.1) is 0 Å². The molecular weight excluding hydrogens is 437 g/mol. The van der Waals surface area contributed by atoms with E-state index in [0.29, 0.717) is 22.0 Å². The first-order valence-electron chi connectivity index (χ1n) is 9.45. The molecule has 0 saturated carbocycles. The molecule has 0 aliphatic rings. The normalized spacial score (nSPS) is 12.0. The SMILES string of the molecule is Cn1cc(-c2cnc3[nH]cc(-c4nnc(C(C)(C)c5cc(Cl)ncc5Cl)o4)c3c2)cn1. The van der Waals surface area contributed by atoms with Crippen LogP contribution in [0.25, 0.3) is 33.6 Å². The number of aromatic amines is 1. The zero-order chi connectivity index (χ0) is 21.8. The molecule has 5 aromatic rings. The van der Waals surface area contributed by atoms with Gasteiger partial charge in [0.15, 0.2) is 0 Å². The first-order chi connectivity index (χ1) is 14.8. The molecule has 31 heavy (non-hydrogen) atoms. The Hall–Kier alpha value is -3.23. The van der Waals surface area contributed by atoms with E-state index in [1.54, 1.807) is 23.1 Å². The Bertz CT molecular complexity index is 1420. The van der Waals surface area contributed by atoms with E-state index in [4.69, 9.17) is 27.6 Å². The van der Waals surface area contributed by atoms with Gasteiger partial charge in [-0.05, 0) is 31.5 Å². The molecule has 8 nitrogen and oxygen atoms in total. The lowest BCUT2D eigenvalue weighted by Gasteiger charge is -2.21. The number of rotatable bonds is 4. The number of hydrogen-bond donors (Lipinski definition) is 1. The maximum absolute atomic E-state index is 6.36. The van der Waals surface area contributed by atoms with Crippen LogP contribution in [0.15, 0.2) is 47.5 Å². The third-order valence-corrected chi connectivity index (χ3v) is 5.76. The van der Waals surface area contributed by atoms with Gasteiger partial charge in [0.25, 0.3) is 0 Å². The van der Waals surface area contributed by atoms with E-state index in [-0.39, 0.29) is 0 Å². The highest BCUT2D eigenvalue weighted by molar-refractivity contribution is 6.32. The second kappa shape index (κ2) is 7.18. The molecule has 0 aromatic carbocycles. The Morgan fingerprint density at radius 2 is 1.87 bits per heavy atom. The van der Waals surface area contributed by atoms with Crippen LogP contribution in [0.2, 0.25) is 10.2 Å². The number of aromatic nitrogens is 7. The molecule has 0 radical (unpaired) electrons. The summed E-state index contributed by atoms with van der Waals surface area (Å²) in [6.07, 6.45) is 8.87. The van der Waals surface area contributed by atoms with Crippen LogP contribution >= 0.6 is 23.2 Å². The molecule has 0 amide bonds. The molecule has 0 atom stereocenters. The molecule has 0 saturated heterocycles. The van der Waals surface area contributed by atoms with E-state index in [0.717, 1.165) is 33.3 Å². The van der Waals surface area contributed by atoms with Crippen LogP contribution in [0.4, 0.5) is 0 Å². The smallest absolute Gasteiger partial charge is 0.249 e. The number of aryl methyl sites for hydroxylation is 1. The number of H-pyrrole nitrogens is 1. The Morgan fingerprint density at radius 3 is 2.65 bits per heavy atom. The fourth-order valence-corrected chi connectivity index (χ4v) is 4.00. The van der Waals surface area contributed by atoms with Crippen molar-refractivity contribution in [3.8, 4) is 22.6 Å². The van der Waals surface area contributed by atoms with Crippen LogP contribution in [0.3, 0.4) is 0 Å². The molecule has 5 heterocycles. The molecule has 0 spiro atoms. The Labute approximate surface area is 187 Å². The van der Waals surface area contributed by atoms with Gasteiger partial charge in [0.05, 0.1) is 22.2 Å². The largest absolute Gasteiger partial charge is 0.420 e. The second-order valence-electron chi connectivity index (χ2n) is 7.75. The summed E-state index contributed by atoms with van der Waals surface area (Å²) in [5.74, 6) is 0.799. The lowest BCUT2D eigenvalue weighted by molar-refractivity contribution is 0.420. The van der Waals surface area contributed by atoms with Crippen molar-refractivity contribution < 1.29 is 4.42 Å². The fraction of sp³-hybridized carbons (Fsp3) is 0.190. The van der Waals surface area contributed by atoms with Crippen LogP contribution < -0.4 is 0 Å². The summed E-state index contributed by atoms with van der Waals surface area (Å²) >= 11 is 12.4. The number of hydrogen-bond acceptors (Lipinski definition) is 6. The maximum atomic E-state index is 6.36. The highest BCUT2D eigenvalue weighted by Crippen LogP contribution is 2.38. The van der Waals surface area contributed by atoms with Gasteiger partial charge in [0, 0.05) is 48.3 Å². The Kier molecular flexibility index (Phi) is 4.56. The van der Waals surface area contributed by atoms with Gasteiger partial charge in [0.1, 0.15) is 10.8 Å². The standard InChI is InChI=1S/C21H17Cl2N7O/c1-21(2,15-5-17(23)24-9-16(15)22)20-29-28-19(31-20)14-8-26-18-13(14)4-11(6-25-18)12-7-27-30(3)10-12/h4-10H,1-3H3,(H,25,26). The minimum Gasteiger partial charge on any atom is -0.420 e. The van der Waals surface area contributed by atoms with Crippen LogP contribution in [-0.2, 0) is 12.5 Å². The summed E-state index contributed by atoms with van der Waals surface area (Å²) in [6, 6.07) is 3.74. The molecule has 0 unspecified atom stereocenters. The number of pyridine rings is 2. The van der Waals surface area contributed by atoms with E-state index in [1.807, 2.05) is 39.4 Å². The summed E-state index contributed by atoms with van der Waals surface area (Å²) in [4.78, 5) is 11.7. The lowest BCUT2D eigenvalue weighted by atomic mass is 9.85. The Balaban J connectivity index is 1.57. The minimum atomic E-state index is -0.667. The average molecular weight is 454 g/mol. The predicted molar refractivity (Wildman–Crippen MR) is 118 cm³/mol. The lowest BCUT2D eigenvalue weighted by Crippen LogP contribution is -2.20. The van der Waals surface area contributed by atoms with Gasteiger partial charge >= 0.3 is 0 Å². The molecule has 10 heteroatoms. The first-order valence-corrected chi connectivity index (χ1v) is 10.2. The summed E-state index contributed by atoms with van der Waals surface area (Å²) in [7, 11) is 1.88. The van der Waals surface area contributed by atoms with Gasteiger partial charge in [-0.15, -0.1) is 10.2 Å². The van der Waals surface area contributed by atoms with Gasteiger partial charge in [-0.3, -0.25) is 4.68 Å². The Morgan fingerprint density at radius 1 is 1.03 bits per heavy atom. The molecule has 0 aliphatic carbocycles. The highest BCUT2D eigenvalue weighted by Gasteiger charge is 2.32. The summed E-state index contributed by atoms with van der Waals surface area (Å²) in [5.41, 5.74) is 3.50. The van der Waals surface area contributed by atoms with Gasteiger partial charge in [-0.1, -0.05) is 23.2 Å². The number of nitrogens with one attached hydrogen (secondary N) is 1. The van der Waals surface area contributed by atoms with Gasteiger partial charge in [-0.2, -0.15) is 5.10 Å². The fourth-order valence-electron chi connectivity index (χ4n) is 3.50. The third-order valence-electron chi connectivity index (χ3n) is 5.25. The van der Waals surface area contributed by atoms with E-state index >= 15 is 0 Å². The van der Waals surface area contributed by atoms with Crippen LogP contribution in [-0.4, -0.2) is 34.9 Å². The summed E-state index contributed by atoms with van der Waals surface area (Å²) < 4.78 is 7.84. The van der Waals surface area contributed by atoms with E-state index in [1.165, 1.54) is 6.20 Å².